The summed E-state index contributed by atoms with van der Waals surface area (Å²) in [5.74, 6) is 0. The van der Waals surface area contributed by atoms with Crippen molar-refractivity contribution in [1.29, 1.82) is 0 Å². The Hall–Kier alpha value is -1.04. The van der Waals surface area contributed by atoms with Gasteiger partial charge in [-0.1, -0.05) is 61.3 Å². The molecular formula is C21H34. The molecule has 1 fully saturated rings. The van der Waals surface area contributed by atoms with E-state index < -0.39 is 0 Å². The molecular weight excluding hydrogens is 252 g/mol. The van der Waals surface area contributed by atoms with Crippen LogP contribution in [0.4, 0.5) is 0 Å². The average Bonchev–Trinajstić information content (AvgIpc) is 2.84. The average molecular weight is 287 g/mol. The summed E-state index contributed by atoms with van der Waals surface area (Å²) in [6.45, 7) is 15.1. The summed E-state index contributed by atoms with van der Waals surface area (Å²) in [6.07, 6.45) is 17.9. The first-order valence-corrected chi connectivity index (χ1v) is 8.61. The van der Waals surface area contributed by atoms with Crippen molar-refractivity contribution in [2.75, 3.05) is 0 Å². The molecule has 118 valence electrons. The van der Waals surface area contributed by atoms with E-state index >= 15 is 0 Å². The topological polar surface area (TPSA) is 0 Å². The molecule has 0 aromatic rings. The lowest BCUT2D eigenvalue weighted by Crippen LogP contribution is -2.17. The molecule has 1 saturated carbocycles. The van der Waals surface area contributed by atoms with E-state index in [1.54, 1.807) is 0 Å². The van der Waals surface area contributed by atoms with E-state index in [4.69, 9.17) is 0 Å². The summed E-state index contributed by atoms with van der Waals surface area (Å²) < 4.78 is 0. The van der Waals surface area contributed by atoms with Crippen molar-refractivity contribution in [1.82, 2.24) is 0 Å². The van der Waals surface area contributed by atoms with Gasteiger partial charge in [0.25, 0.3) is 0 Å². The molecule has 0 saturated heterocycles. The van der Waals surface area contributed by atoms with Gasteiger partial charge in [0.1, 0.15) is 0 Å². The molecule has 0 heterocycles. The highest BCUT2D eigenvalue weighted by Crippen LogP contribution is 2.47. The lowest BCUT2D eigenvalue weighted by atomic mass is 9.75. The molecule has 0 unspecified atom stereocenters. The number of allylic oxidation sites excluding steroid dienone is 6. The Kier molecular flexibility index (Phi) is 7.78. The van der Waals surface area contributed by atoms with Crippen molar-refractivity contribution in [3.63, 3.8) is 0 Å². The van der Waals surface area contributed by atoms with Crippen LogP contribution in [0.3, 0.4) is 0 Å². The molecule has 1 aliphatic carbocycles. The van der Waals surface area contributed by atoms with Gasteiger partial charge in [-0.25, -0.2) is 0 Å². The third-order valence-corrected chi connectivity index (χ3v) is 4.59. The standard InChI is InChI=1S/C21H34/c1-6-7-8-11-19(4)12-13-20(5)17-21(16-18(2)3)14-9-10-15-21/h7-8,11H,2,5-6,9-10,12-17H2,1,3-4H3/b8-7-,19-11+. The molecule has 0 radical (unpaired) electrons. The lowest BCUT2D eigenvalue weighted by Gasteiger charge is -2.30. The monoisotopic (exact) mass is 286 g/mol. The SMILES string of the molecule is C=C(C)CC1(CC(=C)CC/C(C)=C/C=C\CC)CCCC1. The highest BCUT2D eigenvalue weighted by atomic mass is 14.4. The van der Waals surface area contributed by atoms with Gasteiger partial charge in [-0.15, -0.1) is 6.58 Å². The second kappa shape index (κ2) is 9.07. The lowest BCUT2D eigenvalue weighted by molar-refractivity contribution is 0.288. The predicted octanol–water partition coefficient (Wildman–Crippen LogP) is 7.15. The first-order valence-electron chi connectivity index (χ1n) is 8.61. The van der Waals surface area contributed by atoms with E-state index in [1.165, 1.54) is 55.2 Å². The molecule has 21 heavy (non-hydrogen) atoms. The van der Waals surface area contributed by atoms with Gasteiger partial charge in [-0.3, -0.25) is 0 Å². The predicted molar refractivity (Wildman–Crippen MR) is 96.5 cm³/mol. The van der Waals surface area contributed by atoms with Crippen molar-refractivity contribution in [2.45, 2.75) is 78.6 Å². The van der Waals surface area contributed by atoms with Crippen molar-refractivity contribution >= 4 is 0 Å². The Bertz CT molecular complexity index is 400. The quantitative estimate of drug-likeness (QED) is 0.312. The minimum atomic E-state index is 0.489. The van der Waals surface area contributed by atoms with Crippen LogP contribution in [0.2, 0.25) is 0 Å². The van der Waals surface area contributed by atoms with Crippen LogP contribution < -0.4 is 0 Å². The minimum absolute atomic E-state index is 0.489. The fourth-order valence-corrected chi connectivity index (χ4v) is 3.63. The molecule has 0 aromatic carbocycles. The molecule has 0 atom stereocenters. The van der Waals surface area contributed by atoms with Gasteiger partial charge in [-0.05, 0) is 64.2 Å². The summed E-state index contributed by atoms with van der Waals surface area (Å²) in [4.78, 5) is 0. The first kappa shape index (κ1) is 18.0. The maximum atomic E-state index is 4.36. The van der Waals surface area contributed by atoms with Gasteiger partial charge in [-0.2, -0.15) is 0 Å². The zero-order valence-electron chi connectivity index (χ0n) is 14.5. The van der Waals surface area contributed by atoms with Gasteiger partial charge in [0.05, 0.1) is 0 Å². The molecule has 0 heteroatoms. The smallest absolute Gasteiger partial charge is 0.0223 e. The second-order valence-electron chi connectivity index (χ2n) is 7.12. The van der Waals surface area contributed by atoms with Gasteiger partial charge in [0.2, 0.25) is 0 Å². The van der Waals surface area contributed by atoms with Gasteiger partial charge < -0.3 is 0 Å². The third kappa shape index (κ3) is 6.98. The Balaban J connectivity index is 2.46. The summed E-state index contributed by atoms with van der Waals surface area (Å²) in [7, 11) is 0. The molecule has 0 nitrogen and oxygen atoms in total. The van der Waals surface area contributed by atoms with Gasteiger partial charge >= 0.3 is 0 Å². The minimum Gasteiger partial charge on any atom is -0.100 e. The van der Waals surface area contributed by atoms with Crippen molar-refractivity contribution in [3.8, 4) is 0 Å². The van der Waals surface area contributed by atoms with Crippen LogP contribution in [0.1, 0.15) is 78.6 Å². The Morgan fingerprint density at radius 3 is 2.29 bits per heavy atom. The van der Waals surface area contributed by atoms with Gasteiger partial charge in [0.15, 0.2) is 0 Å². The Morgan fingerprint density at radius 1 is 1.05 bits per heavy atom. The second-order valence-corrected chi connectivity index (χ2v) is 7.12. The van der Waals surface area contributed by atoms with Crippen molar-refractivity contribution in [2.24, 2.45) is 5.41 Å². The Morgan fingerprint density at radius 2 is 1.71 bits per heavy atom. The summed E-state index contributed by atoms with van der Waals surface area (Å²) >= 11 is 0. The maximum absolute atomic E-state index is 4.36. The van der Waals surface area contributed by atoms with E-state index in [1.807, 2.05) is 0 Å². The molecule has 0 spiro atoms. The summed E-state index contributed by atoms with van der Waals surface area (Å²) in [5, 5.41) is 0. The van der Waals surface area contributed by atoms with E-state index in [0.717, 1.165) is 19.3 Å². The normalized spacial score (nSPS) is 18.3. The largest absolute Gasteiger partial charge is 0.100 e. The molecule has 1 aliphatic rings. The summed E-state index contributed by atoms with van der Waals surface area (Å²) in [5.41, 5.74) is 4.72. The molecule has 0 aromatic heterocycles. The maximum Gasteiger partial charge on any atom is -0.0223 e. The fraction of sp³-hybridized carbons (Fsp3) is 0.619. The van der Waals surface area contributed by atoms with E-state index in [2.05, 4.69) is 52.2 Å². The van der Waals surface area contributed by atoms with Crippen LogP contribution in [0.5, 0.6) is 0 Å². The van der Waals surface area contributed by atoms with Crippen molar-refractivity contribution < 1.29 is 0 Å². The number of hydrogen-bond donors (Lipinski definition) is 0. The van der Waals surface area contributed by atoms with E-state index in [-0.39, 0.29) is 0 Å². The zero-order chi connectivity index (χ0) is 15.7. The molecule has 1 rings (SSSR count). The zero-order valence-corrected chi connectivity index (χ0v) is 14.5. The molecule has 0 aliphatic heterocycles. The highest BCUT2D eigenvalue weighted by Gasteiger charge is 2.33. The van der Waals surface area contributed by atoms with Crippen LogP contribution >= 0.6 is 0 Å². The summed E-state index contributed by atoms with van der Waals surface area (Å²) in [6, 6.07) is 0. The van der Waals surface area contributed by atoms with Crippen LogP contribution in [0.15, 0.2) is 48.1 Å². The molecule has 0 amide bonds. The van der Waals surface area contributed by atoms with Crippen molar-refractivity contribution in [3.05, 3.63) is 48.1 Å². The first-order chi connectivity index (χ1) is 9.97. The molecule has 0 N–H and O–H groups in total. The highest BCUT2D eigenvalue weighted by molar-refractivity contribution is 5.13. The van der Waals surface area contributed by atoms with E-state index in [0.29, 0.717) is 5.41 Å². The van der Waals surface area contributed by atoms with Gasteiger partial charge in [0, 0.05) is 0 Å². The number of rotatable bonds is 9. The van der Waals surface area contributed by atoms with E-state index in [9.17, 15) is 0 Å². The Labute approximate surface area is 132 Å². The third-order valence-electron chi connectivity index (χ3n) is 4.59. The molecule has 0 bridgehead atoms. The fourth-order valence-electron chi connectivity index (χ4n) is 3.63. The van der Waals surface area contributed by atoms with Crippen LogP contribution in [-0.2, 0) is 0 Å². The van der Waals surface area contributed by atoms with Crippen LogP contribution in [0, 0.1) is 5.41 Å². The van der Waals surface area contributed by atoms with Crippen LogP contribution in [-0.4, -0.2) is 0 Å². The number of hydrogen-bond acceptors (Lipinski definition) is 0. The van der Waals surface area contributed by atoms with Crippen LogP contribution in [0.25, 0.3) is 0 Å².